The molecule has 1 heterocycles. The highest BCUT2D eigenvalue weighted by atomic mass is 32.2. The van der Waals surface area contributed by atoms with Crippen LogP contribution in [-0.2, 0) is 16.6 Å². The van der Waals surface area contributed by atoms with Gasteiger partial charge in [-0.2, -0.15) is 0 Å². The Morgan fingerprint density at radius 3 is 2.62 bits per heavy atom. The molecule has 0 bridgehead atoms. The molecule has 7 heteroatoms. The lowest BCUT2D eigenvalue weighted by molar-refractivity contribution is 0.278. The van der Waals surface area contributed by atoms with Crippen molar-refractivity contribution < 1.29 is 8.42 Å². The van der Waals surface area contributed by atoms with E-state index in [0.29, 0.717) is 30.6 Å². The van der Waals surface area contributed by atoms with Crippen LogP contribution in [0.15, 0.2) is 10.3 Å². The summed E-state index contributed by atoms with van der Waals surface area (Å²) in [5.41, 5.74) is 0.817. The molecule has 0 radical (unpaired) electrons. The van der Waals surface area contributed by atoms with Crippen LogP contribution in [0.4, 0.5) is 0 Å². The van der Waals surface area contributed by atoms with Gasteiger partial charge in [0, 0.05) is 30.6 Å². The van der Waals surface area contributed by atoms with Gasteiger partial charge in [0.2, 0.25) is 10.0 Å². The van der Waals surface area contributed by atoms with Gasteiger partial charge in [0.05, 0.1) is 0 Å². The molecule has 0 saturated carbocycles. The van der Waals surface area contributed by atoms with Gasteiger partial charge >= 0.3 is 0 Å². The molecule has 0 unspecified atom stereocenters. The summed E-state index contributed by atoms with van der Waals surface area (Å²) < 4.78 is 27.7. The summed E-state index contributed by atoms with van der Waals surface area (Å²) in [5.74, 6) is 0. The van der Waals surface area contributed by atoms with Gasteiger partial charge in [-0.15, -0.1) is 11.3 Å². The Kier molecular flexibility index (Phi) is 7.29. The van der Waals surface area contributed by atoms with Crippen molar-refractivity contribution in [2.75, 3.05) is 26.7 Å². The highest BCUT2D eigenvalue weighted by molar-refractivity contribution is 7.89. The molecule has 0 amide bonds. The van der Waals surface area contributed by atoms with Gasteiger partial charge in [-0.1, -0.05) is 6.92 Å². The molecule has 1 aromatic rings. The number of rotatable bonds is 9. The normalized spacial score (nSPS) is 12.5. The van der Waals surface area contributed by atoms with Crippen molar-refractivity contribution in [2.24, 2.45) is 0 Å². The molecule has 2 N–H and O–H groups in total. The first-order valence-electron chi connectivity index (χ1n) is 7.27. The maximum atomic E-state index is 12.5. The second-order valence-corrected chi connectivity index (χ2v) is 8.09. The second-order valence-electron chi connectivity index (χ2n) is 5.42. The van der Waals surface area contributed by atoms with Crippen LogP contribution in [0.3, 0.4) is 0 Å². The number of hydrogen-bond donors (Lipinski definition) is 2. The minimum absolute atomic E-state index is 0.404. The molecule has 122 valence electrons. The zero-order valence-corrected chi connectivity index (χ0v) is 15.2. The van der Waals surface area contributed by atoms with Crippen LogP contribution < -0.4 is 10.0 Å². The first-order valence-corrected chi connectivity index (χ1v) is 9.63. The lowest BCUT2D eigenvalue weighted by Crippen LogP contribution is -2.36. The molecule has 0 spiro atoms. The van der Waals surface area contributed by atoms with Crippen molar-refractivity contribution in [3.05, 3.63) is 15.8 Å². The number of aryl methyl sites for hydroxylation is 1. The highest BCUT2D eigenvalue weighted by Gasteiger charge is 2.22. The summed E-state index contributed by atoms with van der Waals surface area (Å²) in [6.07, 6.45) is 0. The summed E-state index contributed by atoms with van der Waals surface area (Å²) in [6, 6.07) is 0.404. The van der Waals surface area contributed by atoms with E-state index in [1.54, 1.807) is 0 Å². The maximum absolute atomic E-state index is 12.5. The second kappa shape index (κ2) is 8.24. The first-order chi connectivity index (χ1) is 9.79. The molecule has 0 aliphatic carbocycles. The van der Waals surface area contributed by atoms with Crippen molar-refractivity contribution in [3.63, 3.8) is 0 Å². The zero-order valence-electron chi connectivity index (χ0n) is 13.6. The Morgan fingerprint density at radius 1 is 1.38 bits per heavy atom. The number of hydrogen-bond acceptors (Lipinski definition) is 5. The van der Waals surface area contributed by atoms with Gasteiger partial charge in [0.15, 0.2) is 0 Å². The number of likely N-dealkylation sites (N-methyl/N-ethyl adjacent to an activating group) is 1. The summed E-state index contributed by atoms with van der Waals surface area (Å²) in [7, 11) is -1.44. The molecule has 0 aliphatic rings. The van der Waals surface area contributed by atoms with E-state index < -0.39 is 10.0 Å². The van der Waals surface area contributed by atoms with Crippen LogP contribution in [0, 0.1) is 6.92 Å². The van der Waals surface area contributed by atoms with Gasteiger partial charge in [-0.05, 0) is 45.3 Å². The van der Waals surface area contributed by atoms with Crippen molar-refractivity contribution in [1.82, 2.24) is 14.9 Å². The summed E-state index contributed by atoms with van der Waals surface area (Å²) in [4.78, 5) is 3.43. The number of thiophene rings is 1. The van der Waals surface area contributed by atoms with E-state index in [1.807, 2.05) is 26.3 Å². The molecule has 0 fully saturated rings. The first kappa shape index (κ1) is 18.6. The van der Waals surface area contributed by atoms with Crippen LogP contribution in [-0.4, -0.2) is 46.0 Å². The van der Waals surface area contributed by atoms with Crippen molar-refractivity contribution in [3.8, 4) is 0 Å². The standard InChI is InChI=1S/C14H27N3O2S2/c1-6-15-9-13-14(12(4)10-20-13)21(18,19)16-7-8-17(5)11(2)3/h10-11,15-16H,6-9H2,1-5H3. The fourth-order valence-electron chi connectivity index (χ4n) is 1.90. The third kappa shape index (κ3) is 5.34. The van der Waals surface area contributed by atoms with Crippen LogP contribution in [0.2, 0.25) is 0 Å². The molecule has 1 rings (SSSR count). The minimum Gasteiger partial charge on any atom is -0.312 e. The van der Waals surface area contributed by atoms with Crippen molar-refractivity contribution in [1.29, 1.82) is 0 Å². The average Bonchev–Trinajstić information content (AvgIpc) is 2.77. The van der Waals surface area contributed by atoms with Crippen LogP contribution in [0.25, 0.3) is 0 Å². The van der Waals surface area contributed by atoms with E-state index in [1.165, 1.54) is 11.3 Å². The molecule has 0 aromatic carbocycles. The van der Waals surface area contributed by atoms with Gasteiger partial charge in [-0.3, -0.25) is 0 Å². The Balaban J connectivity index is 2.76. The quantitative estimate of drug-likeness (QED) is 0.723. The summed E-state index contributed by atoms with van der Waals surface area (Å²) in [5, 5.41) is 5.09. The van der Waals surface area contributed by atoms with Gasteiger partial charge < -0.3 is 10.2 Å². The maximum Gasteiger partial charge on any atom is 0.242 e. The third-order valence-corrected chi connectivity index (χ3v) is 6.36. The van der Waals surface area contributed by atoms with E-state index in [4.69, 9.17) is 0 Å². The Labute approximate surface area is 132 Å². The molecule has 1 aromatic heterocycles. The molecule has 5 nitrogen and oxygen atoms in total. The van der Waals surface area contributed by atoms with Gasteiger partial charge in [0.1, 0.15) is 4.90 Å². The fraction of sp³-hybridized carbons (Fsp3) is 0.714. The van der Waals surface area contributed by atoms with Gasteiger partial charge in [-0.25, -0.2) is 13.1 Å². The predicted molar refractivity (Wildman–Crippen MR) is 89.4 cm³/mol. The SMILES string of the molecule is CCNCc1scc(C)c1S(=O)(=O)NCCN(C)C(C)C. The summed E-state index contributed by atoms with van der Waals surface area (Å²) in [6.45, 7) is 10.6. The zero-order chi connectivity index (χ0) is 16.0. The lowest BCUT2D eigenvalue weighted by atomic mass is 10.3. The van der Waals surface area contributed by atoms with E-state index in [2.05, 4.69) is 28.8 Å². The van der Waals surface area contributed by atoms with Crippen LogP contribution in [0.5, 0.6) is 0 Å². The number of sulfonamides is 1. The lowest BCUT2D eigenvalue weighted by Gasteiger charge is -2.21. The Bertz CT molecular complexity index is 538. The summed E-state index contributed by atoms with van der Waals surface area (Å²) >= 11 is 1.50. The highest BCUT2D eigenvalue weighted by Crippen LogP contribution is 2.26. The third-order valence-electron chi connectivity index (χ3n) is 3.43. The molecular weight excluding hydrogens is 306 g/mol. The molecule has 21 heavy (non-hydrogen) atoms. The topological polar surface area (TPSA) is 61.4 Å². The smallest absolute Gasteiger partial charge is 0.242 e. The van der Waals surface area contributed by atoms with Crippen LogP contribution >= 0.6 is 11.3 Å². The monoisotopic (exact) mass is 333 g/mol. The predicted octanol–water partition coefficient (Wildman–Crippen LogP) is 1.78. The Hall–Kier alpha value is -0.470. The van der Waals surface area contributed by atoms with E-state index in [0.717, 1.165) is 17.0 Å². The number of nitrogens with zero attached hydrogens (tertiary/aromatic N) is 1. The van der Waals surface area contributed by atoms with E-state index in [-0.39, 0.29) is 0 Å². The fourth-order valence-corrected chi connectivity index (χ4v) is 4.69. The minimum atomic E-state index is -3.44. The molecule has 0 saturated heterocycles. The van der Waals surface area contributed by atoms with E-state index in [9.17, 15) is 8.42 Å². The van der Waals surface area contributed by atoms with Crippen LogP contribution in [0.1, 0.15) is 31.2 Å². The van der Waals surface area contributed by atoms with Gasteiger partial charge in [0.25, 0.3) is 0 Å². The van der Waals surface area contributed by atoms with Crippen molar-refractivity contribution >= 4 is 21.4 Å². The molecule has 0 atom stereocenters. The average molecular weight is 334 g/mol. The Morgan fingerprint density at radius 2 is 2.05 bits per heavy atom. The number of nitrogens with one attached hydrogen (secondary N) is 2. The van der Waals surface area contributed by atoms with E-state index >= 15 is 0 Å². The molecule has 0 aliphatic heterocycles. The largest absolute Gasteiger partial charge is 0.312 e. The van der Waals surface area contributed by atoms with Crippen molar-refractivity contribution in [2.45, 2.75) is 45.2 Å². The molecular formula is C14H27N3O2S2.